The second kappa shape index (κ2) is 9.54. The minimum atomic E-state index is -1.11. The zero-order valence-electron chi connectivity index (χ0n) is 17.0. The maximum absolute atomic E-state index is 14.6. The summed E-state index contributed by atoms with van der Waals surface area (Å²) in [6, 6.07) is 0.366. The molecule has 2 heterocycles. The molecule has 0 aliphatic carbocycles. The monoisotopic (exact) mass is 436 g/mol. The number of H-pyrrole nitrogens is 1. The summed E-state index contributed by atoms with van der Waals surface area (Å²) in [5.74, 6) is -2.86. The standard InChI is InChI=1S/C20H22F2N4O5/c1-30-16(27)6-5-15(19(28)31-2)25-20(29)26-8-7-14-17(24-10-23-14)18(26)12-4-3-11(21)9-13(12)22/h3-4,9-10,15,18H,5-8H2,1-2H3,(H,23,24)(H,25,29)/t15-,18-/m0/s1. The molecule has 2 amide bonds. The summed E-state index contributed by atoms with van der Waals surface area (Å²) in [5, 5.41) is 2.54. The normalized spacial score (nSPS) is 16.3. The molecule has 0 radical (unpaired) electrons. The smallest absolute Gasteiger partial charge is 0.328 e. The van der Waals surface area contributed by atoms with Crippen molar-refractivity contribution in [1.82, 2.24) is 20.2 Å². The fraction of sp³-hybridized carbons (Fsp3) is 0.400. The third kappa shape index (κ3) is 4.81. The maximum atomic E-state index is 14.6. The first kappa shape index (κ1) is 22.2. The van der Waals surface area contributed by atoms with Crippen LogP contribution < -0.4 is 5.32 Å². The molecule has 1 aromatic heterocycles. The predicted molar refractivity (Wildman–Crippen MR) is 103 cm³/mol. The second-order valence-electron chi connectivity index (χ2n) is 6.92. The second-order valence-corrected chi connectivity index (χ2v) is 6.92. The van der Waals surface area contributed by atoms with Crippen LogP contribution in [0.5, 0.6) is 0 Å². The molecule has 31 heavy (non-hydrogen) atoms. The number of amides is 2. The largest absolute Gasteiger partial charge is 0.469 e. The summed E-state index contributed by atoms with van der Waals surface area (Å²) >= 11 is 0. The lowest BCUT2D eigenvalue weighted by Gasteiger charge is -2.36. The number of benzene rings is 1. The minimum Gasteiger partial charge on any atom is -0.469 e. The number of methoxy groups -OCH3 is 2. The van der Waals surface area contributed by atoms with Gasteiger partial charge in [-0.25, -0.2) is 23.4 Å². The van der Waals surface area contributed by atoms with Gasteiger partial charge in [-0.3, -0.25) is 4.79 Å². The van der Waals surface area contributed by atoms with Crippen molar-refractivity contribution in [2.24, 2.45) is 0 Å². The maximum Gasteiger partial charge on any atom is 0.328 e. The van der Waals surface area contributed by atoms with Crippen molar-refractivity contribution in [1.29, 1.82) is 0 Å². The number of halogens is 2. The van der Waals surface area contributed by atoms with Crippen molar-refractivity contribution >= 4 is 18.0 Å². The highest BCUT2D eigenvalue weighted by Gasteiger charge is 2.37. The highest BCUT2D eigenvalue weighted by molar-refractivity contribution is 5.84. The van der Waals surface area contributed by atoms with Crippen molar-refractivity contribution in [2.45, 2.75) is 31.3 Å². The number of fused-ring (bicyclic) bond motifs is 1. The molecule has 1 aromatic carbocycles. The molecule has 0 spiro atoms. The van der Waals surface area contributed by atoms with E-state index < -0.39 is 41.7 Å². The van der Waals surface area contributed by atoms with Gasteiger partial charge in [0.15, 0.2) is 0 Å². The van der Waals surface area contributed by atoms with E-state index in [1.54, 1.807) is 0 Å². The number of esters is 2. The zero-order chi connectivity index (χ0) is 22.5. The van der Waals surface area contributed by atoms with Crippen LogP contribution >= 0.6 is 0 Å². The van der Waals surface area contributed by atoms with E-state index in [4.69, 9.17) is 4.74 Å². The van der Waals surface area contributed by atoms with Gasteiger partial charge in [0.05, 0.1) is 26.2 Å². The third-order valence-corrected chi connectivity index (χ3v) is 5.09. The molecular formula is C20H22F2N4O5. The summed E-state index contributed by atoms with van der Waals surface area (Å²) in [6.45, 7) is 0.188. The lowest BCUT2D eigenvalue weighted by Crippen LogP contribution is -2.51. The van der Waals surface area contributed by atoms with E-state index in [9.17, 15) is 23.2 Å². The number of hydrogen-bond acceptors (Lipinski definition) is 6. The summed E-state index contributed by atoms with van der Waals surface area (Å²) in [6.07, 6.45) is 1.71. The van der Waals surface area contributed by atoms with Crippen molar-refractivity contribution < 1.29 is 32.6 Å². The quantitative estimate of drug-likeness (QED) is 0.668. The van der Waals surface area contributed by atoms with E-state index in [0.29, 0.717) is 12.1 Å². The van der Waals surface area contributed by atoms with E-state index in [1.165, 1.54) is 24.4 Å². The van der Waals surface area contributed by atoms with Crippen LogP contribution in [0.15, 0.2) is 24.5 Å². The molecule has 2 aromatic rings. The van der Waals surface area contributed by atoms with Gasteiger partial charge in [0.2, 0.25) is 0 Å². The van der Waals surface area contributed by atoms with Gasteiger partial charge in [-0.2, -0.15) is 0 Å². The Bertz CT molecular complexity index is 980. The molecule has 2 N–H and O–H groups in total. The Labute approximate surface area is 176 Å². The van der Waals surface area contributed by atoms with Crippen LogP contribution in [-0.4, -0.2) is 59.6 Å². The number of hydrogen-bond donors (Lipinski definition) is 2. The first-order chi connectivity index (χ1) is 14.8. The Morgan fingerprint density at radius 3 is 2.74 bits per heavy atom. The van der Waals surface area contributed by atoms with E-state index >= 15 is 0 Å². The van der Waals surface area contributed by atoms with Gasteiger partial charge in [-0.05, 0) is 12.5 Å². The van der Waals surface area contributed by atoms with E-state index in [-0.39, 0.29) is 24.9 Å². The molecular weight excluding hydrogens is 414 g/mol. The van der Waals surface area contributed by atoms with Crippen LogP contribution in [-0.2, 0) is 25.5 Å². The predicted octanol–water partition coefficient (Wildman–Crippen LogP) is 1.84. The SMILES string of the molecule is COC(=O)CC[C@H](NC(=O)N1CCc2[nH]cnc2[C@@H]1c1ccc(F)cc1F)C(=O)OC. The summed E-state index contributed by atoms with van der Waals surface area (Å²) < 4.78 is 37.3. The van der Waals surface area contributed by atoms with Gasteiger partial charge in [0.1, 0.15) is 23.7 Å². The number of aromatic nitrogens is 2. The van der Waals surface area contributed by atoms with Gasteiger partial charge < -0.3 is 24.7 Å². The number of carbonyl (C=O) groups is 3. The topological polar surface area (TPSA) is 114 Å². The lowest BCUT2D eigenvalue weighted by molar-refractivity contribution is -0.144. The van der Waals surface area contributed by atoms with Gasteiger partial charge in [0, 0.05) is 36.7 Å². The molecule has 0 saturated heterocycles. The molecule has 0 unspecified atom stereocenters. The number of rotatable bonds is 6. The summed E-state index contributed by atoms with van der Waals surface area (Å²) in [5.41, 5.74) is 1.22. The van der Waals surface area contributed by atoms with E-state index in [2.05, 4.69) is 20.0 Å². The average molecular weight is 436 g/mol. The third-order valence-electron chi connectivity index (χ3n) is 5.09. The van der Waals surface area contributed by atoms with Crippen molar-refractivity contribution in [3.8, 4) is 0 Å². The number of nitrogens with zero attached hydrogens (tertiary/aromatic N) is 2. The first-order valence-electron chi connectivity index (χ1n) is 9.54. The number of ether oxygens (including phenoxy) is 2. The molecule has 1 aliphatic rings. The number of aromatic amines is 1. The zero-order valence-corrected chi connectivity index (χ0v) is 17.0. The molecule has 9 nitrogen and oxygen atoms in total. The van der Waals surface area contributed by atoms with Gasteiger partial charge in [0.25, 0.3) is 0 Å². The molecule has 3 rings (SSSR count). The Balaban J connectivity index is 1.88. The highest BCUT2D eigenvalue weighted by Crippen LogP contribution is 2.35. The van der Waals surface area contributed by atoms with Crippen LogP contribution in [0.3, 0.4) is 0 Å². The van der Waals surface area contributed by atoms with Crippen LogP contribution in [0.2, 0.25) is 0 Å². The first-order valence-corrected chi connectivity index (χ1v) is 9.54. The van der Waals surface area contributed by atoms with Gasteiger partial charge in [-0.15, -0.1) is 0 Å². The fourth-order valence-electron chi connectivity index (χ4n) is 3.52. The molecule has 11 heteroatoms. The number of nitrogens with one attached hydrogen (secondary N) is 2. The van der Waals surface area contributed by atoms with Crippen LogP contribution in [0.25, 0.3) is 0 Å². The van der Waals surface area contributed by atoms with E-state index in [0.717, 1.165) is 24.9 Å². The summed E-state index contributed by atoms with van der Waals surface area (Å²) in [7, 11) is 2.37. The number of urea groups is 1. The Kier molecular flexibility index (Phi) is 6.83. The number of carbonyl (C=O) groups excluding carboxylic acids is 3. The summed E-state index contributed by atoms with van der Waals surface area (Å²) in [4.78, 5) is 45.1. The highest BCUT2D eigenvalue weighted by atomic mass is 19.1. The molecule has 2 atom stereocenters. The minimum absolute atomic E-state index is 0.0395. The van der Waals surface area contributed by atoms with Crippen molar-refractivity contribution in [3.63, 3.8) is 0 Å². The van der Waals surface area contributed by atoms with Crippen LogP contribution in [0.4, 0.5) is 13.6 Å². The number of imidazole rings is 1. The van der Waals surface area contributed by atoms with Gasteiger partial charge in [-0.1, -0.05) is 6.07 Å². The van der Waals surface area contributed by atoms with Gasteiger partial charge >= 0.3 is 18.0 Å². The molecule has 0 bridgehead atoms. The van der Waals surface area contributed by atoms with Crippen LogP contribution in [0, 0.1) is 11.6 Å². The Morgan fingerprint density at radius 2 is 2.06 bits per heavy atom. The Hall–Kier alpha value is -3.50. The van der Waals surface area contributed by atoms with Crippen molar-refractivity contribution in [3.05, 3.63) is 53.1 Å². The van der Waals surface area contributed by atoms with Crippen molar-refractivity contribution in [2.75, 3.05) is 20.8 Å². The average Bonchev–Trinajstić information content (AvgIpc) is 3.24. The molecule has 0 fully saturated rings. The lowest BCUT2D eigenvalue weighted by atomic mass is 9.95. The van der Waals surface area contributed by atoms with Crippen LogP contribution in [0.1, 0.15) is 35.8 Å². The Morgan fingerprint density at radius 1 is 1.29 bits per heavy atom. The fourth-order valence-corrected chi connectivity index (χ4v) is 3.52. The molecule has 1 aliphatic heterocycles. The van der Waals surface area contributed by atoms with E-state index in [1.807, 2.05) is 0 Å². The molecule has 166 valence electrons. The molecule has 0 saturated carbocycles.